The average Bonchev–Trinajstić information content (AvgIpc) is 3.00. The van der Waals surface area contributed by atoms with Gasteiger partial charge in [0.15, 0.2) is 0 Å². The van der Waals surface area contributed by atoms with Gasteiger partial charge in [0.1, 0.15) is 23.0 Å². The Morgan fingerprint density at radius 3 is 3.00 bits per heavy atom. The number of hydrogen-bond donors (Lipinski definition) is 2. The molecule has 0 unspecified atom stereocenters. The number of aromatic amines is 1. The lowest BCUT2D eigenvalue weighted by atomic mass is 10.1. The van der Waals surface area contributed by atoms with Gasteiger partial charge < -0.3 is 5.32 Å². The number of H-pyrrole nitrogens is 1. The van der Waals surface area contributed by atoms with Crippen LogP contribution < -0.4 is 5.32 Å². The van der Waals surface area contributed by atoms with Crippen molar-refractivity contribution in [1.82, 2.24) is 25.5 Å². The summed E-state index contributed by atoms with van der Waals surface area (Å²) in [6.07, 6.45) is 2.01. The van der Waals surface area contributed by atoms with Crippen molar-refractivity contribution in [1.29, 1.82) is 0 Å². The Morgan fingerprint density at radius 2 is 2.19 bits per heavy atom. The van der Waals surface area contributed by atoms with E-state index in [1.807, 2.05) is 24.3 Å². The predicted octanol–water partition coefficient (Wildman–Crippen LogP) is 1.98. The molecule has 0 aliphatic carbocycles. The van der Waals surface area contributed by atoms with Crippen molar-refractivity contribution in [3.63, 3.8) is 0 Å². The molecule has 7 heteroatoms. The van der Waals surface area contributed by atoms with E-state index in [0.717, 1.165) is 16.6 Å². The summed E-state index contributed by atoms with van der Waals surface area (Å²) in [6, 6.07) is 9.27. The monoisotopic (exact) mass is 301 g/mol. The van der Waals surface area contributed by atoms with Crippen molar-refractivity contribution >= 4 is 28.3 Å². The standard InChI is InChI=1S/C14H12ClN5O/c15-13-10-4-2-1-3-9(10)7-11(19-13)14(21)16-6-5-12-17-8-18-20-12/h1-4,7-8H,5-6H2,(H,16,21)(H,17,18,20). The van der Waals surface area contributed by atoms with Gasteiger partial charge in [-0.2, -0.15) is 5.10 Å². The van der Waals surface area contributed by atoms with E-state index in [2.05, 4.69) is 25.5 Å². The van der Waals surface area contributed by atoms with Gasteiger partial charge in [0.2, 0.25) is 0 Å². The molecule has 1 aromatic carbocycles. The second-order valence-corrected chi connectivity index (χ2v) is 4.82. The third-order valence-electron chi connectivity index (χ3n) is 3.04. The van der Waals surface area contributed by atoms with Crippen LogP contribution in [-0.4, -0.2) is 32.6 Å². The number of rotatable bonds is 4. The molecule has 21 heavy (non-hydrogen) atoms. The zero-order valence-electron chi connectivity index (χ0n) is 11.0. The highest BCUT2D eigenvalue weighted by Crippen LogP contribution is 2.22. The Labute approximate surface area is 125 Å². The van der Waals surface area contributed by atoms with Gasteiger partial charge >= 0.3 is 0 Å². The average molecular weight is 302 g/mol. The number of nitrogens with zero attached hydrogens (tertiary/aromatic N) is 3. The summed E-state index contributed by atoms with van der Waals surface area (Å²) in [6.45, 7) is 0.445. The Hall–Kier alpha value is -2.47. The third-order valence-corrected chi connectivity index (χ3v) is 3.33. The van der Waals surface area contributed by atoms with E-state index in [0.29, 0.717) is 23.8 Å². The fourth-order valence-corrected chi connectivity index (χ4v) is 2.27. The highest BCUT2D eigenvalue weighted by Gasteiger charge is 2.10. The van der Waals surface area contributed by atoms with Gasteiger partial charge in [-0.1, -0.05) is 35.9 Å². The Morgan fingerprint density at radius 1 is 1.33 bits per heavy atom. The lowest BCUT2D eigenvalue weighted by Crippen LogP contribution is -2.26. The van der Waals surface area contributed by atoms with E-state index in [4.69, 9.17) is 11.6 Å². The molecule has 3 rings (SSSR count). The van der Waals surface area contributed by atoms with Gasteiger partial charge in [0.25, 0.3) is 5.91 Å². The summed E-state index contributed by atoms with van der Waals surface area (Å²) in [5, 5.41) is 11.3. The maximum absolute atomic E-state index is 12.1. The molecule has 0 atom stereocenters. The van der Waals surface area contributed by atoms with Crippen molar-refractivity contribution in [2.45, 2.75) is 6.42 Å². The van der Waals surface area contributed by atoms with Crippen LogP contribution in [0.5, 0.6) is 0 Å². The smallest absolute Gasteiger partial charge is 0.269 e. The number of pyridine rings is 1. The second kappa shape index (κ2) is 5.88. The Balaban J connectivity index is 1.72. The van der Waals surface area contributed by atoms with Gasteiger partial charge in [-0.25, -0.2) is 9.97 Å². The molecule has 3 aromatic rings. The minimum absolute atomic E-state index is 0.262. The fraction of sp³-hybridized carbons (Fsp3) is 0.143. The van der Waals surface area contributed by atoms with Crippen molar-refractivity contribution in [2.24, 2.45) is 0 Å². The molecule has 1 amide bonds. The molecule has 0 aliphatic rings. The van der Waals surface area contributed by atoms with Crippen LogP contribution in [-0.2, 0) is 6.42 Å². The number of fused-ring (bicyclic) bond motifs is 1. The molecule has 2 heterocycles. The first-order chi connectivity index (χ1) is 10.2. The number of amides is 1. The van der Waals surface area contributed by atoms with Gasteiger partial charge in [-0.15, -0.1) is 0 Å². The summed E-state index contributed by atoms with van der Waals surface area (Å²) in [4.78, 5) is 20.2. The van der Waals surface area contributed by atoms with Crippen LogP contribution in [0.15, 0.2) is 36.7 Å². The molecule has 0 bridgehead atoms. The molecule has 0 radical (unpaired) electrons. The van der Waals surface area contributed by atoms with E-state index in [1.54, 1.807) is 6.07 Å². The topological polar surface area (TPSA) is 83.6 Å². The number of hydrogen-bond acceptors (Lipinski definition) is 4. The number of aromatic nitrogens is 4. The lowest BCUT2D eigenvalue weighted by Gasteiger charge is -2.06. The fourth-order valence-electron chi connectivity index (χ4n) is 2.01. The van der Waals surface area contributed by atoms with Crippen LogP contribution >= 0.6 is 11.6 Å². The summed E-state index contributed by atoms with van der Waals surface area (Å²) in [7, 11) is 0. The molecular formula is C14H12ClN5O. The number of carbonyl (C=O) groups is 1. The van der Waals surface area contributed by atoms with E-state index in [9.17, 15) is 4.79 Å². The van der Waals surface area contributed by atoms with Crippen molar-refractivity contribution in [3.05, 3.63) is 53.3 Å². The van der Waals surface area contributed by atoms with Crippen LogP contribution in [0.25, 0.3) is 10.8 Å². The third kappa shape index (κ3) is 3.00. The van der Waals surface area contributed by atoms with E-state index < -0.39 is 0 Å². The van der Waals surface area contributed by atoms with Crippen LogP contribution in [0, 0.1) is 0 Å². The van der Waals surface area contributed by atoms with Gasteiger partial charge in [-0.05, 0) is 11.5 Å². The molecule has 0 aliphatic heterocycles. The number of halogens is 1. The summed E-state index contributed by atoms with van der Waals surface area (Å²) in [5.74, 6) is 0.460. The molecule has 6 nitrogen and oxygen atoms in total. The molecule has 2 aromatic heterocycles. The van der Waals surface area contributed by atoms with Crippen LogP contribution in [0.4, 0.5) is 0 Å². The van der Waals surface area contributed by atoms with Crippen molar-refractivity contribution in [2.75, 3.05) is 6.54 Å². The molecule has 0 saturated heterocycles. The van der Waals surface area contributed by atoms with Crippen molar-refractivity contribution < 1.29 is 4.79 Å². The number of benzene rings is 1. The highest BCUT2D eigenvalue weighted by molar-refractivity contribution is 6.34. The SMILES string of the molecule is O=C(NCCc1ncn[nH]1)c1cc2ccccc2c(Cl)n1. The highest BCUT2D eigenvalue weighted by atomic mass is 35.5. The van der Waals surface area contributed by atoms with Gasteiger partial charge in [-0.3, -0.25) is 9.89 Å². The van der Waals surface area contributed by atoms with Gasteiger partial charge in [0, 0.05) is 18.4 Å². The largest absolute Gasteiger partial charge is 0.350 e. The zero-order valence-corrected chi connectivity index (χ0v) is 11.8. The molecule has 106 valence electrons. The van der Waals surface area contributed by atoms with E-state index >= 15 is 0 Å². The number of nitrogens with one attached hydrogen (secondary N) is 2. The first-order valence-corrected chi connectivity index (χ1v) is 6.79. The first-order valence-electron chi connectivity index (χ1n) is 6.42. The predicted molar refractivity (Wildman–Crippen MR) is 79.2 cm³/mol. The maximum Gasteiger partial charge on any atom is 0.269 e. The molecular weight excluding hydrogens is 290 g/mol. The summed E-state index contributed by atoms with van der Waals surface area (Å²) < 4.78 is 0. The maximum atomic E-state index is 12.1. The molecule has 2 N–H and O–H groups in total. The quantitative estimate of drug-likeness (QED) is 0.722. The zero-order chi connectivity index (χ0) is 14.7. The molecule has 0 fully saturated rings. The summed E-state index contributed by atoms with van der Waals surface area (Å²) >= 11 is 6.11. The van der Waals surface area contributed by atoms with Crippen LogP contribution in [0.2, 0.25) is 5.15 Å². The minimum Gasteiger partial charge on any atom is -0.350 e. The van der Waals surface area contributed by atoms with Crippen LogP contribution in [0.1, 0.15) is 16.3 Å². The van der Waals surface area contributed by atoms with Crippen LogP contribution in [0.3, 0.4) is 0 Å². The Bertz CT molecular complexity index is 772. The minimum atomic E-state index is -0.262. The lowest BCUT2D eigenvalue weighted by molar-refractivity contribution is 0.0949. The molecule has 0 saturated carbocycles. The van der Waals surface area contributed by atoms with E-state index in [-0.39, 0.29) is 5.91 Å². The molecule has 0 spiro atoms. The Kier molecular flexibility index (Phi) is 3.79. The summed E-state index contributed by atoms with van der Waals surface area (Å²) in [5.41, 5.74) is 0.302. The van der Waals surface area contributed by atoms with E-state index in [1.165, 1.54) is 6.33 Å². The van der Waals surface area contributed by atoms with Gasteiger partial charge in [0.05, 0.1) is 0 Å². The van der Waals surface area contributed by atoms with Crippen molar-refractivity contribution in [3.8, 4) is 0 Å². The first kappa shape index (κ1) is 13.5. The second-order valence-electron chi connectivity index (χ2n) is 4.46. The normalized spacial score (nSPS) is 10.7. The number of carbonyl (C=O) groups excluding carboxylic acids is 1.